The van der Waals surface area contributed by atoms with Crippen LogP contribution in [0.3, 0.4) is 0 Å². The summed E-state index contributed by atoms with van der Waals surface area (Å²) < 4.78 is 59.6. The zero-order valence-electron chi connectivity index (χ0n) is 19.6. The Morgan fingerprint density at radius 3 is 1.83 bits per heavy atom. The minimum atomic E-state index is -1.59. The van der Waals surface area contributed by atoms with Gasteiger partial charge in [0.15, 0.2) is 23.3 Å². The Kier molecular flexibility index (Phi) is 12.6. The molecular formula is C21H24Cl2F4N2O2S4. The number of nitrogens with zero attached hydrogens (tertiary/aromatic N) is 2. The number of benzene rings is 1. The quantitative estimate of drug-likeness (QED) is 0.119. The number of carbonyl (C=O) groups is 1. The molecule has 4 nitrogen and oxygen atoms in total. The lowest BCUT2D eigenvalue weighted by Gasteiger charge is -2.15. The predicted octanol–water partition coefficient (Wildman–Crippen LogP) is 6.94. The summed E-state index contributed by atoms with van der Waals surface area (Å²) in [5, 5.41) is 0. The van der Waals surface area contributed by atoms with Crippen molar-refractivity contribution < 1.29 is 27.1 Å². The Morgan fingerprint density at radius 1 is 1.03 bits per heavy atom. The zero-order chi connectivity index (χ0) is 27.2. The maximum absolute atomic E-state index is 13.5. The van der Waals surface area contributed by atoms with E-state index in [-0.39, 0.29) is 16.5 Å². The fourth-order valence-electron chi connectivity index (χ4n) is 2.78. The molecule has 35 heavy (non-hydrogen) atoms. The van der Waals surface area contributed by atoms with Crippen molar-refractivity contribution in [1.29, 1.82) is 0 Å². The van der Waals surface area contributed by atoms with E-state index in [1.807, 2.05) is 38.0 Å². The largest absolute Gasteiger partial charge is 0.460 e. The molecule has 1 fully saturated rings. The molecule has 0 saturated heterocycles. The monoisotopic (exact) mass is 610 g/mol. The van der Waals surface area contributed by atoms with E-state index in [2.05, 4.69) is 0 Å². The van der Waals surface area contributed by atoms with Gasteiger partial charge in [-0.2, -0.15) is 0 Å². The van der Waals surface area contributed by atoms with Gasteiger partial charge in [0.1, 0.15) is 19.7 Å². The van der Waals surface area contributed by atoms with E-state index in [0.29, 0.717) is 0 Å². The molecule has 14 heteroatoms. The lowest BCUT2D eigenvalue weighted by Crippen LogP contribution is -2.18. The van der Waals surface area contributed by atoms with E-state index in [1.165, 1.54) is 27.7 Å². The molecule has 0 aliphatic heterocycles. The van der Waals surface area contributed by atoms with Crippen LogP contribution in [0.5, 0.6) is 0 Å². The molecule has 0 spiro atoms. The topological polar surface area (TPSA) is 32.8 Å². The zero-order valence-corrected chi connectivity index (χ0v) is 24.4. The number of rotatable bonds is 4. The van der Waals surface area contributed by atoms with Crippen molar-refractivity contribution in [3.63, 3.8) is 0 Å². The average molecular weight is 612 g/mol. The molecule has 2 atom stereocenters. The molecule has 0 radical (unpaired) electrons. The smallest absolute Gasteiger partial charge is 0.310 e. The number of carbonyl (C=O) groups excluding carboxylic acids is 1. The minimum Gasteiger partial charge on any atom is -0.460 e. The molecule has 1 aromatic rings. The Balaban J connectivity index is 0.000000434. The molecule has 1 aliphatic rings. The van der Waals surface area contributed by atoms with Crippen molar-refractivity contribution in [3.05, 3.63) is 45.5 Å². The number of thiocarbonyl (C=S) groups is 2. The van der Waals surface area contributed by atoms with Crippen LogP contribution in [0.2, 0.25) is 0 Å². The third-order valence-corrected chi connectivity index (χ3v) is 9.36. The molecule has 0 bridgehead atoms. The van der Waals surface area contributed by atoms with Gasteiger partial charge in [-0.15, -0.1) is 0 Å². The number of hydrogen-bond donors (Lipinski definition) is 0. The predicted molar refractivity (Wildman–Crippen MR) is 144 cm³/mol. The second-order valence-electron chi connectivity index (χ2n) is 8.32. The van der Waals surface area contributed by atoms with E-state index < -0.39 is 52.7 Å². The van der Waals surface area contributed by atoms with Crippen LogP contribution in [-0.4, -0.2) is 52.6 Å². The summed E-state index contributed by atoms with van der Waals surface area (Å²) in [6.07, 6.45) is 1.47. The van der Waals surface area contributed by atoms with Crippen LogP contribution >= 0.6 is 69.2 Å². The molecule has 0 amide bonds. The average Bonchev–Trinajstić information content (AvgIpc) is 3.29. The van der Waals surface area contributed by atoms with Gasteiger partial charge in [0.2, 0.25) is 0 Å². The van der Waals surface area contributed by atoms with Gasteiger partial charge < -0.3 is 14.5 Å². The van der Waals surface area contributed by atoms with Gasteiger partial charge in [0.05, 0.1) is 11.5 Å². The molecule has 2 rings (SSSR count). The van der Waals surface area contributed by atoms with E-state index in [4.69, 9.17) is 52.4 Å². The van der Waals surface area contributed by atoms with Crippen molar-refractivity contribution >= 4 is 83.8 Å². The van der Waals surface area contributed by atoms with E-state index in [9.17, 15) is 22.4 Å². The number of ether oxygens (including phenoxy) is 1. The summed E-state index contributed by atoms with van der Waals surface area (Å²) in [7, 11) is 10.7. The van der Waals surface area contributed by atoms with Crippen molar-refractivity contribution in [3.8, 4) is 0 Å². The first-order valence-electron chi connectivity index (χ1n) is 9.80. The number of hydrogen-bond acceptors (Lipinski definition) is 6. The highest BCUT2D eigenvalue weighted by atomic mass is 35.5. The standard InChI is InChI=1S/C15H12Cl2F4O2.C6H12N2S4/c1-15(2)7(3-10(16)17)11(15)14(22)23-5-6-12(20)8(18)4-9(19)13(6)21;1-7(2)5(9)11-12-6(10)8(3)4/h3-4,7,11H,5H2,1-2H3;1-4H3/t7-,11+;/m1./s1. The van der Waals surface area contributed by atoms with Crippen LogP contribution < -0.4 is 0 Å². The highest BCUT2D eigenvalue weighted by Gasteiger charge is 2.61. The second-order valence-corrected chi connectivity index (χ2v) is 12.7. The van der Waals surface area contributed by atoms with E-state index in [1.54, 1.807) is 13.8 Å². The molecule has 0 aromatic heterocycles. The lowest BCUT2D eigenvalue weighted by atomic mass is 10.1. The molecule has 0 heterocycles. The Morgan fingerprint density at radius 2 is 1.46 bits per heavy atom. The number of allylic oxidation sites excluding steroid dienone is 1. The fourth-order valence-corrected chi connectivity index (χ4v) is 5.42. The first-order chi connectivity index (χ1) is 16.0. The van der Waals surface area contributed by atoms with Crippen LogP contribution in [0.15, 0.2) is 16.6 Å². The van der Waals surface area contributed by atoms with Crippen molar-refractivity contribution in [2.45, 2.75) is 20.5 Å². The molecule has 196 valence electrons. The summed E-state index contributed by atoms with van der Waals surface area (Å²) in [5.74, 6) is -7.96. The van der Waals surface area contributed by atoms with Gasteiger partial charge in [-0.1, -0.05) is 61.5 Å². The van der Waals surface area contributed by atoms with Gasteiger partial charge in [0, 0.05) is 34.3 Å². The Hall–Kier alpha value is -0.790. The second kappa shape index (κ2) is 13.7. The summed E-state index contributed by atoms with van der Waals surface area (Å²) in [6, 6.07) is 0.0866. The third-order valence-electron chi connectivity index (χ3n) is 4.95. The van der Waals surface area contributed by atoms with Crippen molar-refractivity contribution in [1.82, 2.24) is 9.80 Å². The van der Waals surface area contributed by atoms with Crippen LogP contribution in [-0.2, 0) is 16.1 Å². The first-order valence-corrected chi connectivity index (χ1v) is 13.5. The van der Waals surface area contributed by atoms with E-state index >= 15 is 0 Å². The van der Waals surface area contributed by atoms with Crippen LogP contribution in [0, 0.1) is 40.5 Å². The number of esters is 1. The Bertz CT molecular complexity index is 960. The summed E-state index contributed by atoms with van der Waals surface area (Å²) in [4.78, 5) is 15.8. The normalized spacial score (nSPS) is 17.5. The van der Waals surface area contributed by atoms with Crippen molar-refractivity contribution in [2.75, 3.05) is 28.2 Å². The fraction of sp³-hybridized carbons (Fsp3) is 0.476. The summed E-state index contributed by atoms with van der Waals surface area (Å²) >= 11 is 21.2. The summed E-state index contributed by atoms with van der Waals surface area (Å²) in [6.45, 7) is 2.61. The summed E-state index contributed by atoms with van der Waals surface area (Å²) in [5.41, 5.74) is -1.46. The van der Waals surface area contributed by atoms with E-state index in [0.717, 1.165) is 8.64 Å². The molecule has 1 aromatic carbocycles. The third kappa shape index (κ3) is 9.23. The van der Waals surface area contributed by atoms with Crippen LogP contribution in [0.1, 0.15) is 19.4 Å². The first kappa shape index (κ1) is 32.2. The maximum atomic E-state index is 13.5. The molecular weight excluding hydrogens is 587 g/mol. The van der Waals surface area contributed by atoms with Gasteiger partial charge >= 0.3 is 5.97 Å². The highest BCUT2D eigenvalue weighted by molar-refractivity contribution is 8.89. The molecule has 1 aliphatic carbocycles. The molecule has 1 saturated carbocycles. The van der Waals surface area contributed by atoms with Gasteiger partial charge in [-0.05, 0) is 39.0 Å². The lowest BCUT2D eigenvalue weighted by molar-refractivity contribution is -0.147. The van der Waals surface area contributed by atoms with Crippen molar-refractivity contribution in [2.24, 2.45) is 17.3 Å². The van der Waals surface area contributed by atoms with Crippen LogP contribution in [0.25, 0.3) is 0 Å². The van der Waals surface area contributed by atoms with Gasteiger partial charge in [0.25, 0.3) is 0 Å². The molecule has 0 N–H and O–H groups in total. The SMILES string of the molecule is CC1(C)[C@H](C=C(Cl)Cl)[C@H]1C(=O)OCc1c(F)c(F)cc(F)c1F.CN(C)C(=S)SSC(=S)N(C)C. The van der Waals surface area contributed by atoms with Gasteiger partial charge in [-0.25, -0.2) is 17.6 Å². The van der Waals surface area contributed by atoms with Crippen LogP contribution in [0.4, 0.5) is 17.6 Å². The molecule has 0 unspecified atom stereocenters. The number of halogens is 6. The minimum absolute atomic E-state index is 0.0114. The highest BCUT2D eigenvalue weighted by Crippen LogP contribution is 2.60. The Labute approximate surface area is 231 Å². The van der Waals surface area contributed by atoms with Gasteiger partial charge in [-0.3, -0.25) is 4.79 Å². The maximum Gasteiger partial charge on any atom is 0.310 e.